The van der Waals surface area contributed by atoms with Crippen LogP contribution in [-0.4, -0.2) is 42.4 Å². The van der Waals surface area contributed by atoms with Crippen molar-refractivity contribution in [2.24, 2.45) is 0 Å². The van der Waals surface area contributed by atoms with Crippen molar-refractivity contribution < 1.29 is 9.59 Å². The van der Waals surface area contributed by atoms with Gasteiger partial charge in [0.25, 0.3) is 11.8 Å². The van der Waals surface area contributed by atoms with Crippen molar-refractivity contribution in [3.8, 4) is 0 Å². The molecule has 0 unspecified atom stereocenters. The van der Waals surface area contributed by atoms with E-state index in [1.807, 2.05) is 60.4 Å². The van der Waals surface area contributed by atoms with Gasteiger partial charge >= 0.3 is 0 Å². The van der Waals surface area contributed by atoms with E-state index in [0.717, 1.165) is 17.0 Å². The summed E-state index contributed by atoms with van der Waals surface area (Å²) >= 11 is 1.44. The first kappa shape index (κ1) is 23.2. The molecule has 178 valence electrons. The Hall–Kier alpha value is -3.51. The molecule has 0 aliphatic carbocycles. The van der Waals surface area contributed by atoms with Gasteiger partial charge in [0.2, 0.25) is 0 Å². The third-order valence-corrected chi connectivity index (χ3v) is 7.64. The first-order valence-electron chi connectivity index (χ1n) is 11.9. The summed E-state index contributed by atoms with van der Waals surface area (Å²) in [6, 6.07) is 22.4. The highest BCUT2D eigenvalue weighted by Gasteiger charge is 2.29. The van der Waals surface area contributed by atoms with Gasteiger partial charge in [-0.05, 0) is 68.3 Å². The summed E-state index contributed by atoms with van der Waals surface area (Å²) in [5.41, 5.74) is 5.90. The fourth-order valence-corrected chi connectivity index (χ4v) is 5.55. The maximum absolute atomic E-state index is 13.3. The average molecular weight is 484 g/mol. The molecule has 3 aromatic rings. The Labute approximate surface area is 210 Å². The molecule has 0 radical (unpaired) electrons. The molecule has 2 aliphatic heterocycles. The quantitative estimate of drug-likeness (QED) is 0.483. The average Bonchev–Trinajstić information content (AvgIpc) is 2.85. The van der Waals surface area contributed by atoms with E-state index in [2.05, 4.69) is 48.3 Å². The number of thioether (sulfide) groups is 1. The van der Waals surface area contributed by atoms with Gasteiger partial charge in [-0.3, -0.25) is 9.59 Å². The van der Waals surface area contributed by atoms with Crippen LogP contribution >= 0.6 is 11.8 Å². The Balaban J connectivity index is 1.29. The predicted molar refractivity (Wildman–Crippen MR) is 144 cm³/mol. The fraction of sp³-hybridized carbons (Fsp3) is 0.241. The van der Waals surface area contributed by atoms with Gasteiger partial charge in [0.1, 0.15) is 0 Å². The van der Waals surface area contributed by atoms with Crippen LogP contribution in [-0.2, 0) is 4.79 Å². The zero-order valence-corrected chi connectivity index (χ0v) is 21.1. The Morgan fingerprint density at radius 3 is 2.54 bits per heavy atom. The monoisotopic (exact) mass is 483 g/mol. The summed E-state index contributed by atoms with van der Waals surface area (Å²) in [5.74, 6) is -0.142. The maximum atomic E-state index is 13.3. The third kappa shape index (κ3) is 4.98. The standard InChI is InChI=1S/C29H29N3O2S/c1-19-7-9-22(10-8-19)16-27-28(33)30-25-17-23(11-12-26(25)35-27)29(34)31-13-14-32(21(3)18-31)24-6-4-5-20(2)15-24/h4-12,15-17,21H,13-14,18H2,1-3H3,(H,30,33)/b27-16+/t21-/m1/s1. The molecule has 1 fully saturated rings. The number of piperazine rings is 1. The number of benzene rings is 3. The number of nitrogens with zero attached hydrogens (tertiary/aromatic N) is 2. The minimum absolute atomic E-state index is 0.00351. The van der Waals surface area contributed by atoms with E-state index in [9.17, 15) is 9.59 Å². The minimum Gasteiger partial charge on any atom is -0.365 e. The number of hydrogen-bond acceptors (Lipinski definition) is 4. The number of carbonyl (C=O) groups excluding carboxylic acids is 2. The molecule has 5 nitrogen and oxygen atoms in total. The highest BCUT2D eigenvalue weighted by Crippen LogP contribution is 2.39. The second kappa shape index (κ2) is 9.62. The third-order valence-electron chi connectivity index (χ3n) is 6.54. The summed E-state index contributed by atoms with van der Waals surface area (Å²) in [7, 11) is 0. The molecule has 0 aromatic heterocycles. The van der Waals surface area contributed by atoms with Crippen LogP contribution in [0.5, 0.6) is 0 Å². The topological polar surface area (TPSA) is 52.7 Å². The molecule has 35 heavy (non-hydrogen) atoms. The van der Waals surface area contributed by atoms with Crippen molar-refractivity contribution in [3.63, 3.8) is 0 Å². The summed E-state index contributed by atoms with van der Waals surface area (Å²) in [4.78, 5) is 31.9. The molecule has 0 spiro atoms. The van der Waals surface area contributed by atoms with E-state index in [1.165, 1.54) is 28.6 Å². The van der Waals surface area contributed by atoms with E-state index in [1.54, 1.807) is 0 Å². The Bertz CT molecular complexity index is 1320. The molecule has 2 aliphatic rings. The lowest BCUT2D eigenvalue weighted by molar-refractivity contribution is -0.112. The number of anilines is 2. The van der Waals surface area contributed by atoms with Gasteiger partial charge < -0.3 is 15.1 Å². The predicted octanol–water partition coefficient (Wildman–Crippen LogP) is 5.74. The Kier molecular flexibility index (Phi) is 6.39. The largest absolute Gasteiger partial charge is 0.365 e. The lowest BCUT2D eigenvalue weighted by Crippen LogP contribution is -2.53. The molecular formula is C29H29N3O2S. The van der Waals surface area contributed by atoms with Crippen LogP contribution in [0, 0.1) is 13.8 Å². The Morgan fingerprint density at radius 1 is 1.00 bits per heavy atom. The van der Waals surface area contributed by atoms with E-state index in [-0.39, 0.29) is 17.9 Å². The van der Waals surface area contributed by atoms with Crippen molar-refractivity contribution in [2.45, 2.75) is 31.7 Å². The molecule has 6 heteroatoms. The number of nitrogens with one attached hydrogen (secondary N) is 1. The zero-order valence-electron chi connectivity index (χ0n) is 20.2. The molecule has 2 amide bonds. The number of carbonyl (C=O) groups is 2. The Morgan fingerprint density at radius 2 is 1.80 bits per heavy atom. The van der Waals surface area contributed by atoms with E-state index >= 15 is 0 Å². The highest BCUT2D eigenvalue weighted by atomic mass is 32.2. The molecule has 2 heterocycles. The summed E-state index contributed by atoms with van der Waals surface area (Å²) in [6.45, 7) is 8.42. The number of rotatable bonds is 3. The molecule has 0 bridgehead atoms. The van der Waals surface area contributed by atoms with Crippen molar-refractivity contribution in [1.29, 1.82) is 0 Å². The molecule has 1 atom stereocenters. The van der Waals surface area contributed by atoms with Gasteiger partial charge in [-0.15, -0.1) is 0 Å². The van der Waals surface area contributed by atoms with Crippen LogP contribution in [0.15, 0.2) is 76.5 Å². The summed E-state index contributed by atoms with van der Waals surface area (Å²) < 4.78 is 0. The second-order valence-electron chi connectivity index (χ2n) is 9.32. The number of amides is 2. The van der Waals surface area contributed by atoms with Gasteiger partial charge in [0, 0.05) is 41.8 Å². The lowest BCUT2D eigenvalue weighted by atomic mass is 10.1. The molecule has 1 N–H and O–H groups in total. The lowest BCUT2D eigenvalue weighted by Gasteiger charge is -2.41. The first-order valence-corrected chi connectivity index (χ1v) is 12.7. The van der Waals surface area contributed by atoms with E-state index in [4.69, 9.17) is 0 Å². The van der Waals surface area contributed by atoms with Crippen LogP contribution in [0.3, 0.4) is 0 Å². The fourth-order valence-electron chi connectivity index (χ4n) is 4.62. The van der Waals surface area contributed by atoms with Crippen LogP contribution in [0.1, 0.15) is 34.0 Å². The minimum atomic E-state index is -0.145. The van der Waals surface area contributed by atoms with Crippen molar-refractivity contribution in [3.05, 3.63) is 93.9 Å². The number of hydrogen-bond donors (Lipinski definition) is 1. The number of fused-ring (bicyclic) bond motifs is 1. The highest BCUT2D eigenvalue weighted by molar-refractivity contribution is 8.04. The molecule has 1 saturated heterocycles. The number of aryl methyl sites for hydroxylation is 2. The van der Waals surface area contributed by atoms with Crippen LogP contribution < -0.4 is 10.2 Å². The van der Waals surface area contributed by atoms with Gasteiger partial charge in [0.15, 0.2) is 0 Å². The van der Waals surface area contributed by atoms with Crippen molar-refractivity contribution in [1.82, 2.24) is 4.90 Å². The van der Waals surface area contributed by atoms with Gasteiger partial charge in [-0.2, -0.15) is 0 Å². The van der Waals surface area contributed by atoms with Crippen LogP contribution in [0.25, 0.3) is 6.08 Å². The SMILES string of the molecule is Cc1ccc(/C=C2/Sc3ccc(C(=O)N4CCN(c5cccc(C)c5)[C@H](C)C4)cc3NC2=O)cc1. The van der Waals surface area contributed by atoms with Crippen molar-refractivity contribution in [2.75, 3.05) is 29.9 Å². The molecule has 0 saturated carbocycles. The van der Waals surface area contributed by atoms with Crippen LogP contribution in [0.4, 0.5) is 11.4 Å². The van der Waals surface area contributed by atoms with Gasteiger partial charge in [-0.25, -0.2) is 0 Å². The van der Waals surface area contributed by atoms with Gasteiger partial charge in [0.05, 0.1) is 10.6 Å². The van der Waals surface area contributed by atoms with Gasteiger partial charge in [-0.1, -0.05) is 53.7 Å². The zero-order chi connectivity index (χ0) is 24.5. The smallest absolute Gasteiger partial charge is 0.262 e. The second-order valence-corrected chi connectivity index (χ2v) is 10.4. The van der Waals surface area contributed by atoms with E-state index in [0.29, 0.717) is 29.2 Å². The summed E-state index contributed by atoms with van der Waals surface area (Å²) in [6.07, 6.45) is 1.90. The van der Waals surface area contributed by atoms with Crippen LogP contribution in [0.2, 0.25) is 0 Å². The molecule has 5 rings (SSSR count). The van der Waals surface area contributed by atoms with Crippen molar-refractivity contribution >= 4 is 41.0 Å². The normalized spacial score (nSPS) is 18.9. The maximum Gasteiger partial charge on any atom is 0.262 e. The molecular weight excluding hydrogens is 454 g/mol. The van der Waals surface area contributed by atoms with E-state index < -0.39 is 0 Å². The first-order chi connectivity index (χ1) is 16.9. The molecule has 3 aromatic carbocycles. The summed E-state index contributed by atoms with van der Waals surface area (Å²) in [5, 5.41) is 2.98.